The van der Waals surface area contributed by atoms with Gasteiger partial charge in [0.1, 0.15) is 5.82 Å². The van der Waals surface area contributed by atoms with E-state index in [9.17, 15) is 8.78 Å². The molecule has 0 atom stereocenters. The van der Waals surface area contributed by atoms with Crippen molar-refractivity contribution in [1.82, 2.24) is 20.2 Å². The molecule has 0 fully saturated rings. The second kappa shape index (κ2) is 4.86. The van der Waals surface area contributed by atoms with E-state index in [-0.39, 0.29) is 5.69 Å². The largest absolute Gasteiger partial charge is 0.396 e. The van der Waals surface area contributed by atoms with E-state index in [1.807, 2.05) is 0 Å². The van der Waals surface area contributed by atoms with Crippen LogP contribution in [0.4, 0.5) is 14.5 Å². The lowest BCUT2D eigenvalue weighted by atomic mass is 10.2. The van der Waals surface area contributed by atoms with Crippen molar-refractivity contribution in [3.63, 3.8) is 0 Å². The van der Waals surface area contributed by atoms with Crippen LogP contribution in [0.2, 0.25) is 0 Å². The number of aryl methyl sites for hydroxylation is 1. The van der Waals surface area contributed by atoms with Gasteiger partial charge < -0.3 is 5.73 Å². The van der Waals surface area contributed by atoms with Crippen molar-refractivity contribution in [3.05, 3.63) is 24.0 Å². The molecule has 0 aliphatic carbocycles. The molecule has 0 aliphatic rings. The Morgan fingerprint density at radius 3 is 2.88 bits per heavy atom. The highest BCUT2D eigenvalue weighted by molar-refractivity contribution is 5.61. The Balaban J connectivity index is 2.32. The van der Waals surface area contributed by atoms with Gasteiger partial charge in [0.05, 0.1) is 12.4 Å². The molecule has 5 nitrogen and oxygen atoms in total. The summed E-state index contributed by atoms with van der Waals surface area (Å²) in [5.74, 6) is -0.0401. The molecule has 0 radical (unpaired) electrons. The maximum atomic E-state index is 13.0. The summed E-state index contributed by atoms with van der Waals surface area (Å²) in [6.45, 7) is -0.0685. The number of aromatic nitrogens is 4. The van der Waals surface area contributed by atoms with Crippen LogP contribution in [-0.2, 0) is 6.54 Å². The van der Waals surface area contributed by atoms with E-state index in [2.05, 4.69) is 15.5 Å². The summed E-state index contributed by atoms with van der Waals surface area (Å²) in [5, 5.41) is 11.1. The third-order valence-corrected chi connectivity index (χ3v) is 2.29. The zero-order valence-corrected chi connectivity index (χ0v) is 8.98. The zero-order valence-electron chi connectivity index (χ0n) is 8.98. The van der Waals surface area contributed by atoms with Crippen LogP contribution in [0.15, 0.2) is 18.2 Å². The second-order valence-electron chi connectivity index (χ2n) is 3.50. The average molecular weight is 239 g/mol. The van der Waals surface area contributed by atoms with E-state index in [0.29, 0.717) is 24.4 Å². The minimum Gasteiger partial charge on any atom is -0.396 e. The van der Waals surface area contributed by atoms with Crippen molar-refractivity contribution in [2.24, 2.45) is 0 Å². The summed E-state index contributed by atoms with van der Waals surface area (Å²) in [5.41, 5.74) is 6.10. The second-order valence-corrected chi connectivity index (χ2v) is 3.50. The smallest absolute Gasteiger partial charge is 0.182 e. The quantitative estimate of drug-likeness (QED) is 0.819. The van der Waals surface area contributed by atoms with Crippen molar-refractivity contribution in [2.75, 3.05) is 12.4 Å². The number of nitrogens with zero attached hydrogens (tertiary/aromatic N) is 4. The van der Waals surface area contributed by atoms with Crippen LogP contribution in [0.1, 0.15) is 6.42 Å². The summed E-state index contributed by atoms with van der Waals surface area (Å²) >= 11 is 0. The molecule has 2 N–H and O–H groups in total. The molecular weight excluding hydrogens is 228 g/mol. The normalized spacial score (nSPS) is 10.7. The van der Waals surface area contributed by atoms with Crippen LogP contribution < -0.4 is 5.73 Å². The fourth-order valence-corrected chi connectivity index (χ4v) is 1.45. The van der Waals surface area contributed by atoms with Crippen molar-refractivity contribution >= 4 is 5.69 Å². The van der Waals surface area contributed by atoms with Gasteiger partial charge in [-0.1, -0.05) is 0 Å². The SMILES string of the molecule is Nc1cc(-c2nnnn2CCCF)ccc1F. The van der Waals surface area contributed by atoms with Gasteiger partial charge in [0.2, 0.25) is 0 Å². The van der Waals surface area contributed by atoms with Crippen LogP contribution in [0.3, 0.4) is 0 Å². The predicted octanol–water partition coefficient (Wildman–Crippen LogP) is 1.42. The number of hydrogen-bond donors (Lipinski definition) is 1. The molecule has 2 rings (SSSR count). The third-order valence-electron chi connectivity index (χ3n) is 2.29. The van der Waals surface area contributed by atoms with Crippen molar-refractivity contribution in [3.8, 4) is 11.4 Å². The number of halogens is 2. The molecule has 0 saturated carbocycles. The van der Waals surface area contributed by atoms with Gasteiger partial charge >= 0.3 is 0 Å². The average Bonchev–Trinajstić information content (AvgIpc) is 2.78. The summed E-state index contributed by atoms with van der Waals surface area (Å²) in [7, 11) is 0. The van der Waals surface area contributed by atoms with E-state index in [1.54, 1.807) is 0 Å². The molecule has 17 heavy (non-hydrogen) atoms. The predicted molar refractivity (Wildman–Crippen MR) is 58.2 cm³/mol. The molecule has 0 unspecified atom stereocenters. The molecule has 0 saturated heterocycles. The highest BCUT2D eigenvalue weighted by Crippen LogP contribution is 2.20. The number of nitrogens with two attached hydrogens (primary N) is 1. The van der Waals surface area contributed by atoms with Gasteiger partial charge in [0, 0.05) is 12.1 Å². The monoisotopic (exact) mass is 239 g/mol. The molecule has 0 bridgehead atoms. The van der Waals surface area contributed by atoms with E-state index < -0.39 is 12.5 Å². The lowest BCUT2D eigenvalue weighted by Crippen LogP contribution is -2.04. The first-order valence-electron chi connectivity index (χ1n) is 5.10. The molecule has 0 aliphatic heterocycles. The molecule has 1 aromatic carbocycles. The Morgan fingerprint density at radius 2 is 2.18 bits per heavy atom. The fourth-order valence-electron chi connectivity index (χ4n) is 1.45. The van der Waals surface area contributed by atoms with Crippen LogP contribution in [0, 0.1) is 5.82 Å². The number of alkyl halides is 1. The standard InChI is InChI=1S/C10H11F2N5/c11-4-1-5-17-10(14-15-16-17)7-2-3-8(12)9(13)6-7/h2-3,6H,1,4-5,13H2. The number of tetrazole rings is 1. The lowest BCUT2D eigenvalue weighted by molar-refractivity contribution is 0.432. The van der Waals surface area contributed by atoms with Crippen LogP contribution in [0.5, 0.6) is 0 Å². The van der Waals surface area contributed by atoms with Gasteiger partial charge in [0.15, 0.2) is 5.82 Å². The van der Waals surface area contributed by atoms with E-state index in [0.717, 1.165) is 0 Å². The van der Waals surface area contributed by atoms with Gasteiger partial charge in [-0.3, -0.25) is 4.39 Å². The van der Waals surface area contributed by atoms with Crippen molar-refractivity contribution in [1.29, 1.82) is 0 Å². The molecule has 0 amide bonds. The first-order chi connectivity index (χ1) is 8.22. The van der Waals surface area contributed by atoms with Crippen molar-refractivity contribution in [2.45, 2.75) is 13.0 Å². The summed E-state index contributed by atoms with van der Waals surface area (Å²) in [6.07, 6.45) is 0.328. The van der Waals surface area contributed by atoms with Crippen LogP contribution >= 0.6 is 0 Å². The van der Waals surface area contributed by atoms with Crippen LogP contribution in [0.25, 0.3) is 11.4 Å². The Hall–Kier alpha value is -2.05. The van der Waals surface area contributed by atoms with Gasteiger partial charge in [-0.25, -0.2) is 9.07 Å². The third kappa shape index (κ3) is 2.38. The zero-order chi connectivity index (χ0) is 12.3. The maximum absolute atomic E-state index is 13.0. The molecule has 7 heteroatoms. The first-order valence-corrected chi connectivity index (χ1v) is 5.10. The summed E-state index contributed by atoms with van der Waals surface area (Å²) < 4.78 is 26.6. The minimum atomic E-state index is -0.489. The minimum absolute atomic E-state index is 0.0301. The molecule has 1 aromatic heterocycles. The van der Waals surface area contributed by atoms with Gasteiger partial charge in [0.25, 0.3) is 0 Å². The fraction of sp³-hybridized carbons (Fsp3) is 0.300. The number of nitrogen functional groups attached to an aromatic ring is 1. The van der Waals surface area contributed by atoms with Crippen molar-refractivity contribution < 1.29 is 8.78 Å². The van der Waals surface area contributed by atoms with E-state index >= 15 is 0 Å². The summed E-state index contributed by atoms with van der Waals surface area (Å²) in [6, 6.07) is 4.23. The van der Waals surface area contributed by atoms with Gasteiger partial charge in [-0.2, -0.15) is 0 Å². The van der Waals surface area contributed by atoms with E-state index in [4.69, 9.17) is 5.73 Å². The number of anilines is 1. The molecular formula is C10H11F2N5. The summed E-state index contributed by atoms with van der Waals surface area (Å²) in [4.78, 5) is 0. The first kappa shape index (κ1) is 11.4. The number of benzene rings is 1. The topological polar surface area (TPSA) is 69.6 Å². The number of rotatable bonds is 4. The van der Waals surface area contributed by atoms with Gasteiger partial charge in [-0.15, -0.1) is 5.10 Å². The van der Waals surface area contributed by atoms with E-state index in [1.165, 1.54) is 22.9 Å². The Kier molecular flexibility index (Phi) is 3.27. The Bertz CT molecular complexity index is 511. The molecule has 2 aromatic rings. The van der Waals surface area contributed by atoms with Gasteiger partial charge in [-0.05, 0) is 35.0 Å². The highest BCUT2D eigenvalue weighted by atomic mass is 19.1. The molecule has 1 heterocycles. The Morgan fingerprint density at radius 1 is 1.35 bits per heavy atom. The lowest BCUT2D eigenvalue weighted by Gasteiger charge is -2.04. The maximum Gasteiger partial charge on any atom is 0.182 e. The highest BCUT2D eigenvalue weighted by Gasteiger charge is 2.10. The number of hydrogen-bond acceptors (Lipinski definition) is 4. The Labute approximate surface area is 96.2 Å². The molecule has 90 valence electrons. The van der Waals surface area contributed by atoms with Crippen LogP contribution in [-0.4, -0.2) is 26.9 Å². The molecule has 0 spiro atoms.